The SMILES string of the molecule is O=C(CCSc1ccccc1)NC(Cc1ccc2c(c1)OCCO2)CN1CCCC1. The molecule has 0 radical (unpaired) electrons. The number of amides is 1. The van der Waals surface area contributed by atoms with Gasteiger partial charge in [0.05, 0.1) is 0 Å². The highest BCUT2D eigenvalue weighted by Crippen LogP contribution is 2.31. The molecular weight excluding hydrogens is 396 g/mol. The number of hydrogen-bond acceptors (Lipinski definition) is 5. The van der Waals surface area contributed by atoms with Gasteiger partial charge in [-0.1, -0.05) is 24.3 Å². The number of likely N-dealkylation sites (tertiary alicyclic amines) is 1. The molecule has 1 unspecified atom stereocenters. The molecule has 4 rings (SSSR count). The van der Waals surface area contributed by atoms with Gasteiger partial charge in [0.1, 0.15) is 13.2 Å². The Balaban J connectivity index is 1.33. The summed E-state index contributed by atoms with van der Waals surface area (Å²) in [7, 11) is 0. The van der Waals surface area contributed by atoms with Crippen LogP contribution in [-0.2, 0) is 11.2 Å². The highest BCUT2D eigenvalue weighted by molar-refractivity contribution is 7.99. The summed E-state index contributed by atoms with van der Waals surface area (Å²) in [5.74, 6) is 2.53. The van der Waals surface area contributed by atoms with Crippen molar-refractivity contribution < 1.29 is 14.3 Å². The zero-order valence-corrected chi connectivity index (χ0v) is 18.2. The number of hydrogen-bond donors (Lipinski definition) is 1. The van der Waals surface area contributed by atoms with Crippen LogP contribution in [0.1, 0.15) is 24.8 Å². The Morgan fingerprint density at radius 2 is 1.80 bits per heavy atom. The quantitative estimate of drug-likeness (QED) is 0.619. The zero-order valence-electron chi connectivity index (χ0n) is 17.3. The number of benzene rings is 2. The predicted molar refractivity (Wildman–Crippen MR) is 121 cm³/mol. The summed E-state index contributed by atoms with van der Waals surface area (Å²) in [6.07, 6.45) is 3.82. The Kier molecular flexibility index (Phi) is 7.54. The van der Waals surface area contributed by atoms with E-state index in [1.54, 1.807) is 11.8 Å². The van der Waals surface area contributed by atoms with Crippen molar-refractivity contribution in [1.29, 1.82) is 0 Å². The summed E-state index contributed by atoms with van der Waals surface area (Å²) >= 11 is 1.73. The molecule has 0 aliphatic carbocycles. The van der Waals surface area contributed by atoms with Gasteiger partial charge in [-0.15, -0.1) is 11.8 Å². The second-order valence-corrected chi connectivity index (χ2v) is 9.03. The number of carbonyl (C=O) groups excluding carboxylic acids is 1. The summed E-state index contributed by atoms with van der Waals surface area (Å²) < 4.78 is 11.4. The second-order valence-electron chi connectivity index (χ2n) is 7.87. The summed E-state index contributed by atoms with van der Waals surface area (Å²) in [6.45, 7) is 4.32. The lowest BCUT2D eigenvalue weighted by Gasteiger charge is -2.25. The molecule has 1 atom stereocenters. The van der Waals surface area contributed by atoms with Crippen LogP contribution < -0.4 is 14.8 Å². The second kappa shape index (κ2) is 10.7. The Labute approximate surface area is 183 Å². The number of nitrogens with zero attached hydrogens (tertiary/aromatic N) is 1. The first kappa shape index (κ1) is 21.1. The highest BCUT2D eigenvalue weighted by Gasteiger charge is 2.21. The minimum absolute atomic E-state index is 0.0971. The molecule has 2 heterocycles. The molecule has 0 aromatic heterocycles. The number of thioether (sulfide) groups is 1. The lowest BCUT2D eigenvalue weighted by atomic mass is 10.0. The Morgan fingerprint density at radius 1 is 1.03 bits per heavy atom. The topological polar surface area (TPSA) is 50.8 Å². The van der Waals surface area contributed by atoms with Gasteiger partial charge in [-0.05, 0) is 62.2 Å². The van der Waals surface area contributed by atoms with Gasteiger partial charge in [0, 0.05) is 29.7 Å². The molecule has 2 aromatic rings. The fourth-order valence-electron chi connectivity index (χ4n) is 4.02. The molecule has 1 saturated heterocycles. The third-order valence-corrected chi connectivity index (χ3v) is 6.49. The fourth-order valence-corrected chi connectivity index (χ4v) is 4.89. The van der Waals surface area contributed by atoms with Crippen LogP contribution in [0, 0.1) is 0 Å². The highest BCUT2D eigenvalue weighted by atomic mass is 32.2. The molecule has 2 aliphatic heterocycles. The molecule has 0 saturated carbocycles. The van der Waals surface area contributed by atoms with E-state index in [2.05, 4.69) is 34.5 Å². The standard InChI is InChI=1S/C24H30N2O3S/c27-24(10-15-30-21-6-2-1-3-7-21)25-20(18-26-11-4-5-12-26)16-19-8-9-22-23(17-19)29-14-13-28-22/h1-3,6-9,17,20H,4-5,10-16,18H2,(H,25,27). The van der Waals surface area contributed by atoms with Crippen LogP contribution in [0.4, 0.5) is 0 Å². The van der Waals surface area contributed by atoms with Gasteiger partial charge in [-0.25, -0.2) is 0 Å². The van der Waals surface area contributed by atoms with Gasteiger partial charge < -0.3 is 19.7 Å². The van der Waals surface area contributed by atoms with Crippen LogP contribution in [0.25, 0.3) is 0 Å². The van der Waals surface area contributed by atoms with Crippen LogP contribution in [0.3, 0.4) is 0 Å². The molecule has 6 heteroatoms. The number of fused-ring (bicyclic) bond motifs is 1. The van der Waals surface area contributed by atoms with Gasteiger partial charge in [-0.3, -0.25) is 4.79 Å². The molecule has 30 heavy (non-hydrogen) atoms. The van der Waals surface area contributed by atoms with Crippen LogP contribution in [0.15, 0.2) is 53.4 Å². The molecule has 160 valence electrons. The number of nitrogens with one attached hydrogen (secondary N) is 1. The van der Waals surface area contributed by atoms with Crippen molar-refractivity contribution in [3.8, 4) is 11.5 Å². The van der Waals surface area contributed by atoms with Crippen LogP contribution in [0.2, 0.25) is 0 Å². The minimum Gasteiger partial charge on any atom is -0.486 e. The van der Waals surface area contributed by atoms with Crippen LogP contribution >= 0.6 is 11.8 Å². The van der Waals surface area contributed by atoms with Crippen molar-refractivity contribution in [3.05, 3.63) is 54.1 Å². The van der Waals surface area contributed by atoms with Crippen LogP contribution in [-0.4, -0.2) is 55.4 Å². The average Bonchev–Trinajstić information content (AvgIpc) is 3.27. The van der Waals surface area contributed by atoms with E-state index >= 15 is 0 Å². The van der Waals surface area contributed by atoms with E-state index in [0.29, 0.717) is 19.6 Å². The first-order chi connectivity index (χ1) is 14.8. The smallest absolute Gasteiger partial charge is 0.221 e. The summed E-state index contributed by atoms with van der Waals surface area (Å²) in [5.41, 5.74) is 1.17. The third kappa shape index (κ3) is 6.16. The molecular formula is C24H30N2O3S. The minimum atomic E-state index is 0.0971. The number of ether oxygens (including phenoxy) is 2. The monoisotopic (exact) mass is 426 g/mol. The molecule has 1 N–H and O–H groups in total. The molecule has 2 aliphatic rings. The molecule has 5 nitrogen and oxygen atoms in total. The molecule has 1 amide bonds. The fraction of sp³-hybridized carbons (Fsp3) is 0.458. The Hall–Kier alpha value is -2.18. The van der Waals surface area contributed by atoms with Crippen molar-refractivity contribution in [1.82, 2.24) is 10.2 Å². The van der Waals surface area contributed by atoms with Gasteiger partial charge in [-0.2, -0.15) is 0 Å². The molecule has 0 spiro atoms. The summed E-state index contributed by atoms with van der Waals surface area (Å²) in [6, 6.07) is 16.5. The van der Waals surface area contributed by atoms with Gasteiger partial charge in [0.15, 0.2) is 11.5 Å². The van der Waals surface area contributed by atoms with Gasteiger partial charge in [0.25, 0.3) is 0 Å². The maximum Gasteiger partial charge on any atom is 0.221 e. The first-order valence-electron chi connectivity index (χ1n) is 10.8. The van der Waals surface area contributed by atoms with E-state index in [9.17, 15) is 4.79 Å². The molecule has 0 bridgehead atoms. The lowest BCUT2D eigenvalue weighted by Crippen LogP contribution is -2.44. The Bertz CT molecular complexity index is 824. The van der Waals surface area contributed by atoms with Crippen molar-refractivity contribution in [3.63, 3.8) is 0 Å². The van der Waals surface area contributed by atoms with Crippen molar-refractivity contribution in [2.75, 3.05) is 38.6 Å². The predicted octanol–water partition coefficient (Wildman–Crippen LogP) is 3.76. The maximum absolute atomic E-state index is 12.7. The first-order valence-corrected chi connectivity index (χ1v) is 11.8. The van der Waals surface area contributed by atoms with Crippen molar-refractivity contribution >= 4 is 17.7 Å². The van der Waals surface area contributed by atoms with Gasteiger partial charge >= 0.3 is 0 Å². The van der Waals surface area contributed by atoms with E-state index in [1.165, 1.54) is 23.3 Å². The van der Waals surface area contributed by atoms with E-state index in [4.69, 9.17) is 9.47 Å². The zero-order chi connectivity index (χ0) is 20.6. The average molecular weight is 427 g/mol. The molecule has 1 fully saturated rings. The number of rotatable bonds is 9. The van der Waals surface area contributed by atoms with E-state index < -0.39 is 0 Å². The van der Waals surface area contributed by atoms with Crippen LogP contribution in [0.5, 0.6) is 11.5 Å². The third-order valence-electron chi connectivity index (χ3n) is 5.47. The summed E-state index contributed by atoms with van der Waals surface area (Å²) in [5, 5.41) is 3.29. The summed E-state index contributed by atoms with van der Waals surface area (Å²) in [4.78, 5) is 16.3. The number of carbonyl (C=O) groups is 1. The van der Waals surface area contributed by atoms with E-state index in [1.807, 2.05) is 24.3 Å². The lowest BCUT2D eigenvalue weighted by molar-refractivity contribution is -0.121. The normalized spacial score (nSPS) is 16.9. The van der Waals surface area contributed by atoms with Crippen molar-refractivity contribution in [2.24, 2.45) is 0 Å². The Morgan fingerprint density at radius 3 is 2.60 bits per heavy atom. The van der Waals surface area contributed by atoms with Crippen molar-refractivity contribution in [2.45, 2.75) is 36.6 Å². The van der Waals surface area contributed by atoms with Gasteiger partial charge in [0.2, 0.25) is 5.91 Å². The maximum atomic E-state index is 12.7. The largest absolute Gasteiger partial charge is 0.486 e. The van der Waals surface area contributed by atoms with E-state index in [-0.39, 0.29) is 11.9 Å². The van der Waals surface area contributed by atoms with E-state index in [0.717, 1.165) is 43.3 Å². The molecule has 2 aromatic carbocycles.